The first-order valence-corrected chi connectivity index (χ1v) is 4.46. The van der Waals surface area contributed by atoms with Crippen LogP contribution in [0.3, 0.4) is 0 Å². The van der Waals surface area contributed by atoms with Crippen LogP contribution in [0.2, 0.25) is 0 Å². The molecule has 86 valence electrons. The highest BCUT2D eigenvalue weighted by Gasteiger charge is 2.17. The Morgan fingerprint density at radius 3 is 2.38 bits per heavy atom. The van der Waals surface area contributed by atoms with Gasteiger partial charge in [0.1, 0.15) is 11.6 Å². The van der Waals surface area contributed by atoms with Gasteiger partial charge in [-0.05, 0) is 17.7 Å². The Balaban J connectivity index is 3.27. The molecule has 0 saturated carbocycles. The van der Waals surface area contributed by atoms with Crippen molar-refractivity contribution in [3.63, 3.8) is 0 Å². The molecule has 1 aromatic rings. The van der Waals surface area contributed by atoms with Crippen molar-refractivity contribution < 1.29 is 18.3 Å². The van der Waals surface area contributed by atoms with E-state index in [1.807, 2.05) is 0 Å². The molecule has 2 N–H and O–H groups in total. The van der Waals surface area contributed by atoms with Gasteiger partial charge < -0.3 is 10.5 Å². The van der Waals surface area contributed by atoms with Crippen LogP contribution in [0.1, 0.15) is 15.9 Å². The van der Waals surface area contributed by atoms with Crippen LogP contribution < -0.4 is 5.73 Å². The van der Waals surface area contributed by atoms with Gasteiger partial charge in [0.05, 0.1) is 12.7 Å². The zero-order chi connectivity index (χ0) is 12.3. The SMILES string of the molecule is C=C(CN)c1cc(F)c(C(=O)OC)cc1F. The van der Waals surface area contributed by atoms with Crippen molar-refractivity contribution in [2.24, 2.45) is 5.73 Å². The first kappa shape index (κ1) is 12.3. The summed E-state index contributed by atoms with van der Waals surface area (Å²) in [4.78, 5) is 11.1. The summed E-state index contributed by atoms with van der Waals surface area (Å²) in [6, 6.07) is 1.66. The largest absolute Gasteiger partial charge is 0.465 e. The lowest BCUT2D eigenvalue weighted by Gasteiger charge is -2.07. The third-order valence-corrected chi connectivity index (χ3v) is 2.09. The molecule has 0 heterocycles. The number of hydrogen-bond donors (Lipinski definition) is 1. The van der Waals surface area contributed by atoms with Crippen LogP contribution in [0, 0.1) is 11.6 Å². The predicted octanol–water partition coefficient (Wildman–Crippen LogP) is 1.72. The van der Waals surface area contributed by atoms with E-state index in [-0.39, 0.29) is 17.7 Å². The first-order chi connectivity index (χ1) is 7.51. The Labute approximate surface area is 91.5 Å². The molecule has 0 radical (unpaired) electrons. The Kier molecular flexibility index (Phi) is 3.73. The van der Waals surface area contributed by atoms with Crippen molar-refractivity contribution in [2.45, 2.75) is 0 Å². The van der Waals surface area contributed by atoms with Crippen molar-refractivity contribution in [3.8, 4) is 0 Å². The Hall–Kier alpha value is -1.75. The molecule has 0 aliphatic heterocycles. The minimum absolute atomic E-state index is 0.00787. The molecule has 0 bridgehead atoms. The number of hydrogen-bond acceptors (Lipinski definition) is 3. The number of carbonyl (C=O) groups is 1. The molecule has 0 saturated heterocycles. The average Bonchev–Trinajstić information content (AvgIpc) is 2.29. The summed E-state index contributed by atoms with van der Waals surface area (Å²) in [6.07, 6.45) is 0. The molecular formula is C11H11F2NO2. The second-order valence-corrected chi connectivity index (χ2v) is 3.11. The van der Waals surface area contributed by atoms with Gasteiger partial charge in [0.15, 0.2) is 0 Å². The summed E-state index contributed by atoms with van der Waals surface area (Å²) in [5.41, 5.74) is 5.04. The molecule has 0 amide bonds. The summed E-state index contributed by atoms with van der Waals surface area (Å²) < 4.78 is 31.2. The molecule has 5 heteroatoms. The van der Waals surface area contributed by atoms with E-state index >= 15 is 0 Å². The lowest BCUT2D eigenvalue weighted by molar-refractivity contribution is 0.0595. The van der Waals surface area contributed by atoms with Crippen molar-refractivity contribution in [1.82, 2.24) is 0 Å². The minimum atomic E-state index is -0.929. The van der Waals surface area contributed by atoms with Gasteiger partial charge in [-0.25, -0.2) is 13.6 Å². The number of benzene rings is 1. The van der Waals surface area contributed by atoms with Crippen molar-refractivity contribution in [2.75, 3.05) is 13.7 Å². The molecule has 0 spiro atoms. The lowest BCUT2D eigenvalue weighted by Crippen LogP contribution is -2.08. The fourth-order valence-corrected chi connectivity index (χ4v) is 1.19. The third kappa shape index (κ3) is 2.25. The van der Waals surface area contributed by atoms with Crippen molar-refractivity contribution >= 4 is 11.5 Å². The summed E-state index contributed by atoms with van der Waals surface area (Å²) in [6.45, 7) is 3.50. The number of halogens is 2. The highest BCUT2D eigenvalue weighted by atomic mass is 19.1. The van der Waals surface area contributed by atoms with Gasteiger partial charge in [0.25, 0.3) is 0 Å². The van der Waals surface area contributed by atoms with E-state index in [1.54, 1.807) is 0 Å². The summed E-state index contributed by atoms with van der Waals surface area (Å²) in [5, 5.41) is 0. The molecule has 1 aromatic carbocycles. The highest BCUT2D eigenvalue weighted by molar-refractivity contribution is 5.90. The monoisotopic (exact) mass is 227 g/mol. The minimum Gasteiger partial charge on any atom is -0.465 e. The van der Waals surface area contributed by atoms with Crippen LogP contribution in [-0.4, -0.2) is 19.6 Å². The quantitative estimate of drug-likeness (QED) is 0.800. The molecule has 0 atom stereocenters. The van der Waals surface area contributed by atoms with E-state index in [2.05, 4.69) is 11.3 Å². The topological polar surface area (TPSA) is 52.3 Å². The molecule has 0 unspecified atom stereocenters. The van der Waals surface area contributed by atoms with Gasteiger partial charge >= 0.3 is 5.97 Å². The van der Waals surface area contributed by atoms with Crippen LogP contribution in [0.15, 0.2) is 18.7 Å². The van der Waals surface area contributed by atoms with Crippen LogP contribution in [0.25, 0.3) is 5.57 Å². The van der Waals surface area contributed by atoms with E-state index in [9.17, 15) is 13.6 Å². The molecule has 0 aliphatic carbocycles. The molecule has 0 fully saturated rings. The highest BCUT2D eigenvalue weighted by Crippen LogP contribution is 2.20. The zero-order valence-corrected chi connectivity index (χ0v) is 8.72. The fraction of sp³-hybridized carbons (Fsp3) is 0.182. The maximum absolute atomic E-state index is 13.5. The van der Waals surface area contributed by atoms with Crippen molar-refractivity contribution in [3.05, 3.63) is 41.5 Å². The van der Waals surface area contributed by atoms with Crippen LogP contribution in [-0.2, 0) is 4.74 Å². The standard InChI is InChI=1S/C11H11F2NO2/c1-6(5-14)7-3-10(13)8(4-9(7)12)11(15)16-2/h3-4H,1,5,14H2,2H3. The van der Waals surface area contributed by atoms with Crippen LogP contribution in [0.5, 0.6) is 0 Å². The maximum Gasteiger partial charge on any atom is 0.340 e. The molecule has 1 rings (SSSR count). The van der Waals surface area contributed by atoms with Gasteiger partial charge in [-0.3, -0.25) is 0 Å². The van der Waals surface area contributed by atoms with Gasteiger partial charge in [-0.2, -0.15) is 0 Å². The lowest BCUT2D eigenvalue weighted by atomic mass is 10.0. The molecule has 16 heavy (non-hydrogen) atoms. The van der Waals surface area contributed by atoms with Crippen molar-refractivity contribution in [1.29, 1.82) is 0 Å². The predicted molar refractivity (Wildman–Crippen MR) is 55.8 cm³/mol. The van der Waals surface area contributed by atoms with E-state index < -0.39 is 23.2 Å². The summed E-state index contributed by atoms with van der Waals surface area (Å²) in [7, 11) is 1.09. The third-order valence-electron chi connectivity index (χ3n) is 2.09. The number of ether oxygens (including phenoxy) is 1. The molecule has 0 aromatic heterocycles. The summed E-state index contributed by atoms with van der Waals surface area (Å²) >= 11 is 0. The number of esters is 1. The second kappa shape index (κ2) is 4.85. The first-order valence-electron chi connectivity index (χ1n) is 4.46. The Bertz CT molecular complexity index is 402. The zero-order valence-electron chi connectivity index (χ0n) is 8.72. The number of carbonyl (C=O) groups excluding carboxylic acids is 1. The number of nitrogens with two attached hydrogens (primary N) is 1. The van der Waals surface area contributed by atoms with E-state index in [1.165, 1.54) is 0 Å². The average molecular weight is 227 g/mol. The van der Waals surface area contributed by atoms with Crippen LogP contribution in [0.4, 0.5) is 8.78 Å². The fourth-order valence-electron chi connectivity index (χ4n) is 1.19. The second-order valence-electron chi connectivity index (χ2n) is 3.11. The Morgan fingerprint density at radius 2 is 1.88 bits per heavy atom. The van der Waals surface area contributed by atoms with E-state index in [0.29, 0.717) is 0 Å². The van der Waals surface area contributed by atoms with E-state index in [0.717, 1.165) is 19.2 Å². The molecule has 0 aliphatic rings. The Morgan fingerprint density at radius 1 is 1.38 bits per heavy atom. The van der Waals surface area contributed by atoms with Gasteiger partial charge in [0.2, 0.25) is 0 Å². The van der Waals surface area contributed by atoms with Gasteiger partial charge in [-0.1, -0.05) is 6.58 Å². The normalized spacial score (nSPS) is 10.0. The maximum atomic E-state index is 13.5. The summed E-state index contributed by atoms with van der Waals surface area (Å²) in [5.74, 6) is -2.54. The molecule has 3 nitrogen and oxygen atoms in total. The van der Waals surface area contributed by atoms with Crippen LogP contribution >= 0.6 is 0 Å². The molecular weight excluding hydrogens is 216 g/mol. The number of rotatable bonds is 3. The number of methoxy groups -OCH3 is 1. The van der Waals surface area contributed by atoms with Gasteiger partial charge in [-0.15, -0.1) is 0 Å². The van der Waals surface area contributed by atoms with Gasteiger partial charge in [0, 0.05) is 12.1 Å². The van der Waals surface area contributed by atoms with E-state index in [4.69, 9.17) is 5.73 Å². The smallest absolute Gasteiger partial charge is 0.340 e.